The molecule has 3 aliphatic heterocycles. The third kappa shape index (κ3) is 4.99. The minimum Gasteiger partial charge on any atom is -0.459 e. The summed E-state index contributed by atoms with van der Waals surface area (Å²) >= 11 is 0. The summed E-state index contributed by atoms with van der Waals surface area (Å²) < 4.78 is 24.0. The molecular formula is C30H38NO6+. The van der Waals surface area contributed by atoms with Crippen LogP contribution in [0, 0.1) is 0 Å². The van der Waals surface area contributed by atoms with E-state index in [1.54, 1.807) is 0 Å². The molecule has 0 aliphatic carbocycles. The maximum atomic E-state index is 14.2. The van der Waals surface area contributed by atoms with Gasteiger partial charge in [-0.1, -0.05) is 67.6 Å². The van der Waals surface area contributed by atoms with Crippen molar-refractivity contribution in [2.75, 3.05) is 26.5 Å². The first-order valence-electron chi connectivity index (χ1n) is 13.7. The van der Waals surface area contributed by atoms with E-state index in [-0.39, 0.29) is 12.7 Å². The van der Waals surface area contributed by atoms with Gasteiger partial charge >= 0.3 is 12.1 Å². The van der Waals surface area contributed by atoms with E-state index in [0.29, 0.717) is 29.6 Å². The van der Waals surface area contributed by atoms with E-state index >= 15 is 0 Å². The quantitative estimate of drug-likeness (QED) is 0.260. The predicted molar refractivity (Wildman–Crippen MR) is 137 cm³/mol. The van der Waals surface area contributed by atoms with E-state index < -0.39 is 24.5 Å². The topological polar surface area (TPSA) is 71.1 Å². The highest BCUT2D eigenvalue weighted by molar-refractivity contribution is 5.86. The first kappa shape index (κ1) is 25.7. The van der Waals surface area contributed by atoms with E-state index in [1.165, 1.54) is 43.3 Å². The summed E-state index contributed by atoms with van der Waals surface area (Å²) in [5.41, 5.74) is -0.332. The molecule has 0 N–H and O–H groups in total. The van der Waals surface area contributed by atoms with Gasteiger partial charge in [0, 0.05) is 38.5 Å². The van der Waals surface area contributed by atoms with Crippen molar-refractivity contribution in [2.45, 2.75) is 75.7 Å². The molecule has 3 fully saturated rings. The number of rotatable bonds is 9. The lowest BCUT2D eigenvalue weighted by atomic mass is 9.85. The maximum absolute atomic E-state index is 14.2. The van der Waals surface area contributed by atoms with Crippen molar-refractivity contribution in [3.8, 4) is 0 Å². The van der Waals surface area contributed by atoms with Crippen LogP contribution in [0.3, 0.4) is 0 Å². The van der Waals surface area contributed by atoms with Gasteiger partial charge in [-0.2, -0.15) is 0 Å². The second kappa shape index (κ2) is 11.2. The van der Waals surface area contributed by atoms with Crippen molar-refractivity contribution < 1.29 is 33.0 Å². The van der Waals surface area contributed by atoms with Gasteiger partial charge in [-0.05, 0) is 17.5 Å². The van der Waals surface area contributed by atoms with Gasteiger partial charge in [0.1, 0.15) is 6.10 Å². The Kier molecular flexibility index (Phi) is 7.81. The van der Waals surface area contributed by atoms with Crippen molar-refractivity contribution in [3.05, 3.63) is 71.8 Å². The molecule has 2 aromatic rings. The van der Waals surface area contributed by atoms with Gasteiger partial charge in [0.15, 0.2) is 6.79 Å². The summed E-state index contributed by atoms with van der Waals surface area (Å²) in [5.74, 6) is -0.477. The molecule has 5 rings (SSSR count). The van der Waals surface area contributed by atoms with E-state index in [9.17, 15) is 9.59 Å². The van der Waals surface area contributed by atoms with Crippen molar-refractivity contribution in [3.63, 3.8) is 0 Å². The third-order valence-corrected chi connectivity index (χ3v) is 8.55. The highest BCUT2D eigenvalue weighted by atomic mass is 16.8. The van der Waals surface area contributed by atoms with Crippen LogP contribution >= 0.6 is 0 Å². The summed E-state index contributed by atoms with van der Waals surface area (Å²) in [5, 5.41) is 0. The summed E-state index contributed by atoms with van der Waals surface area (Å²) in [7, 11) is 0. The molecule has 2 atom stereocenters. The first-order chi connectivity index (χ1) is 18.1. The van der Waals surface area contributed by atoms with Crippen LogP contribution in [0.1, 0.15) is 63.0 Å². The standard InChI is InChI=1S/C30H38NO6/c1-2-19-34-29(33)35-22-36-30(23-11-5-3-6-12-23,24-13-7-4-8-14-24)28(32)37-27-20-25-15-16-26(21-27)31(25)17-9-10-18-31/h3-8,11-14,25-27H,2,9-10,15-22H2,1H3/q+1. The summed E-state index contributed by atoms with van der Waals surface area (Å²) in [6.07, 6.45) is 6.52. The molecule has 7 nitrogen and oxygen atoms in total. The van der Waals surface area contributed by atoms with Gasteiger partial charge in [-0.3, -0.25) is 0 Å². The average molecular weight is 509 g/mol. The van der Waals surface area contributed by atoms with E-state index in [4.69, 9.17) is 18.9 Å². The van der Waals surface area contributed by atoms with Gasteiger partial charge < -0.3 is 23.4 Å². The van der Waals surface area contributed by atoms with Gasteiger partial charge in [0.25, 0.3) is 0 Å². The van der Waals surface area contributed by atoms with Crippen LogP contribution in [0.15, 0.2) is 60.7 Å². The zero-order valence-corrected chi connectivity index (χ0v) is 21.7. The number of hydrogen-bond donors (Lipinski definition) is 0. The van der Waals surface area contributed by atoms with Crippen LogP contribution in [0.25, 0.3) is 0 Å². The summed E-state index contributed by atoms with van der Waals surface area (Å²) in [6, 6.07) is 19.8. The molecular weight excluding hydrogens is 470 g/mol. The molecule has 0 saturated carbocycles. The SMILES string of the molecule is CCCOC(=O)OCOC(C(=O)OC1CC2CCC(C1)[N+]21CCCC1)(c1ccccc1)c1ccccc1. The molecule has 1 spiro atoms. The number of carbonyl (C=O) groups is 2. The van der Waals surface area contributed by atoms with Crippen LogP contribution in [-0.4, -0.2) is 61.3 Å². The molecule has 7 heteroatoms. The average Bonchev–Trinajstić information content (AvgIpc) is 3.47. The molecule has 2 unspecified atom stereocenters. The number of benzene rings is 2. The summed E-state index contributed by atoms with van der Waals surface area (Å²) in [6.45, 7) is 4.25. The molecule has 0 amide bonds. The van der Waals surface area contributed by atoms with Crippen LogP contribution < -0.4 is 0 Å². The fourth-order valence-corrected chi connectivity index (χ4v) is 6.91. The lowest BCUT2D eigenvalue weighted by Gasteiger charge is -2.47. The first-order valence-corrected chi connectivity index (χ1v) is 13.7. The number of piperidine rings is 1. The van der Waals surface area contributed by atoms with E-state index in [0.717, 1.165) is 12.8 Å². The Morgan fingerprint density at radius 1 is 0.865 bits per heavy atom. The Morgan fingerprint density at radius 2 is 1.43 bits per heavy atom. The van der Waals surface area contributed by atoms with Gasteiger partial charge in [0.05, 0.1) is 31.8 Å². The lowest BCUT2D eigenvalue weighted by molar-refractivity contribution is -0.956. The molecule has 0 radical (unpaired) electrons. The van der Waals surface area contributed by atoms with E-state index in [2.05, 4.69) is 0 Å². The highest BCUT2D eigenvalue weighted by Crippen LogP contribution is 2.47. The van der Waals surface area contributed by atoms with Crippen molar-refractivity contribution >= 4 is 12.1 Å². The van der Waals surface area contributed by atoms with Crippen LogP contribution in [0.5, 0.6) is 0 Å². The van der Waals surface area contributed by atoms with E-state index in [1.807, 2.05) is 67.6 Å². The van der Waals surface area contributed by atoms with Gasteiger partial charge in [0.2, 0.25) is 5.60 Å². The van der Waals surface area contributed by atoms with Crippen LogP contribution in [-0.2, 0) is 29.3 Å². The molecule has 0 aromatic heterocycles. The van der Waals surface area contributed by atoms with Crippen molar-refractivity contribution in [1.29, 1.82) is 0 Å². The lowest BCUT2D eigenvalue weighted by Crippen LogP contribution is -2.60. The molecule has 2 aromatic carbocycles. The van der Waals surface area contributed by atoms with Gasteiger partial charge in [-0.25, -0.2) is 9.59 Å². The van der Waals surface area contributed by atoms with Gasteiger partial charge in [-0.15, -0.1) is 0 Å². The number of quaternary nitrogens is 1. The fraction of sp³-hybridized carbons (Fsp3) is 0.533. The smallest absolute Gasteiger partial charge is 0.459 e. The second-order valence-electron chi connectivity index (χ2n) is 10.6. The Balaban J connectivity index is 1.41. The Labute approximate surface area is 219 Å². The molecule has 3 saturated heterocycles. The molecule has 198 valence electrons. The maximum Gasteiger partial charge on any atom is 0.510 e. The Morgan fingerprint density at radius 3 is 1.97 bits per heavy atom. The number of nitrogens with zero attached hydrogens (tertiary/aromatic N) is 1. The third-order valence-electron chi connectivity index (χ3n) is 8.55. The number of esters is 1. The monoisotopic (exact) mass is 508 g/mol. The molecule has 3 aliphatic rings. The number of hydrogen-bond acceptors (Lipinski definition) is 6. The van der Waals surface area contributed by atoms with Crippen molar-refractivity contribution in [1.82, 2.24) is 0 Å². The largest absolute Gasteiger partial charge is 0.510 e. The predicted octanol–water partition coefficient (Wildman–Crippen LogP) is 5.31. The minimum absolute atomic E-state index is 0.153. The molecule has 37 heavy (non-hydrogen) atoms. The minimum atomic E-state index is -1.58. The van der Waals surface area contributed by atoms with Crippen molar-refractivity contribution in [2.24, 2.45) is 0 Å². The Bertz CT molecular complexity index is 997. The second-order valence-corrected chi connectivity index (χ2v) is 10.6. The van der Waals surface area contributed by atoms with Crippen LogP contribution in [0.2, 0.25) is 0 Å². The summed E-state index contributed by atoms with van der Waals surface area (Å²) in [4.78, 5) is 26.2. The normalized spacial score (nSPS) is 24.1. The molecule has 3 heterocycles. The fourth-order valence-electron chi connectivity index (χ4n) is 6.91. The number of carbonyl (C=O) groups excluding carboxylic acids is 2. The zero-order chi connectivity index (χ0) is 25.7. The zero-order valence-electron chi connectivity index (χ0n) is 21.7. The number of ether oxygens (including phenoxy) is 4. The molecule has 2 bridgehead atoms. The highest BCUT2D eigenvalue weighted by Gasteiger charge is 2.57. The Hall–Kier alpha value is -2.90. The van der Waals surface area contributed by atoms with Crippen LogP contribution in [0.4, 0.5) is 4.79 Å².